The minimum absolute atomic E-state index is 0.530. The highest BCUT2D eigenvalue weighted by Crippen LogP contribution is 2.28. The van der Waals surface area contributed by atoms with Crippen LogP contribution in [0.1, 0.15) is 5.56 Å². The summed E-state index contributed by atoms with van der Waals surface area (Å²) < 4.78 is 7.69. The van der Waals surface area contributed by atoms with E-state index in [1.807, 2.05) is 41.1 Å². The fraction of sp³-hybridized carbons (Fsp3) is 0.100. The number of hydrogen-bond donors (Lipinski definition) is 1. The van der Waals surface area contributed by atoms with Gasteiger partial charge in [0.2, 0.25) is 4.77 Å². The van der Waals surface area contributed by atoms with Gasteiger partial charge < -0.3 is 9.72 Å². The topological polar surface area (TPSA) is 42.3 Å². The number of hydrogen-bond acceptors (Lipinski definition) is 3. The molecule has 1 N–H and O–H groups in total. The van der Waals surface area contributed by atoms with Crippen LogP contribution in [0, 0.1) is 11.7 Å². The summed E-state index contributed by atoms with van der Waals surface area (Å²) in [5.74, 6) is 0.826. The van der Waals surface area contributed by atoms with Crippen LogP contribution in [0.4, 0.5) is 0 Å². The van der Waals surface area contributed by atoms with Gasteiger partial charge in [0, 0.05) is 18.0 Å². The van der Waals surface area contributed by atoms with E-state index in [4.69, 9.17) is 17.0 Å². The van der Waals surface area contributed by atoms with Gasteiger partial charge in [-0.05, 0) is 48.5 Å². The summed E-state index contributed by atoms with van der Waals surface area (Å²) in [6.45, 7) is 2.09. The Hall–Kier alpha value is -2.92. The molecule has 5 heteroatoms. The summed E-state index contributed by atoms with van der Waals surface area (Å²) in [4.78, 5) is 7.88. The van der Waals surface area contributed by atoms with Crippen molar-refractivity contribution in [1.82, 2.24) is 14.4 Å². The van der Waals surface area contributed by atoms with E-state index in [1.54, 1.807) is 7.11 Å². The summed E-state index contributed by atoms with van der Waals surface area (Å²) in [6, 6.07) is 16.3. The Morgan fingerprint density at radius 2 is 1.88 bits per heavy atom. The van der Waals surface area contributed by atoms with Gasteiger partial charge >= 0.3 is 0 Å². The van der Waals surface area contributed by atoms with Crippen molar-refractivity contribution in [2.24, 2.45) is 0 Å². The van der Waals surface area contributed by atoms with E-state index < -0.39 is 0 Å². The second kappa shape index (κ2) is 6.18. The highest BCUT2D eigenvalue weighted by molar-refractivity contribution is 7.71. The first kappa shape index (κ1) is 15.6. The fourth-order valence-electron chi connectivity index (χ4n) is 2.95. The highest BCUT2D eigenvalue weighted by atomic mass is 32.1. The molecule has 0 saturated heterocycles. The molecule has 0 radical (unpaired) electrons. The monoisotopic (exact) mass is 347 g/mol. The Bertz CT molecular complexity index is 1110. The number of aromatic amines is 1. The van der Waals surface area contributed by atoms with Gasteiger partial charge in [-0.15, -0.1) is 0 Å². The van der Waals surface area contributed by atoms with Crippen molar-refractivity contribution in [2.75, 3.05) is 7.11 Å². The largest absolute Gasteiger partial charge is 0.497 e. The molecule has 4 aromatic rings. The SMILES string of the molecule is COc1ccc(-c2cnc(=S)n3cc(-c4cccc(C)c4)[nH]c23)cc1. The maximum atomic E-state index is 5.40. The van der Waals surface area contributed by atoms with Gasteiger partial charge in [0.1, 0.15) is 11.4 Å². The Labute approximate surface area is 150 Å². The van der Waals surface area contributed by atoms with Gasteiger partial charge in [0.15, 0.2) is 0 Å². The van der Waals surface area contributed by atoms with E-state index in [0.29, 0.717) is 4.77 Å². The summed E-state index contributed by atoms with van der Waals surface area (Å²) in [5.41, 5.74) is 6.33. The standard InChI is InChI=1S/C20H17N3OS/c1-13-4-3-5-15(10-13)18-12-23-19(22-18)17(11-21-20(23)25)14-6-8-16(24-2)9-7-14/h3-12,22H,1-2H3. The second-order valence-electron chi connectivity index (χ2n) is 5.94. The molecule has 0 fully saturated rings. The molecule has 2 heterocycles. The average molecular weight is 347 g/mol. The van der Waals surface area contributed by atoms with Crippen LogP contribution in [0.2, 0.25) is 0 Å². The first-order valence-electron chi connectivity index (χ1n) is 7.97. The Morgan fingerprint density at radius 3 is 2.60 bits per heavy atom. The van der Waals surface area contributed by atoms with Crippen LogP contribution in [0.3, 0.4) is 0 Å². The van der Waals surface area contributed by atoms with Crippen molar-refractivity contribution in [3.63, 3.8) is 0 Å². The molecule has 25 heavy (non-hydrogen) atoms. The molecule has 0 aliphatic rings. The first-order chi connectivity index (χ1) is 12.2. The number of aromatic nitrogens is 3. The van der Waals surface area contributed by atoms with Crippen LogP contribution >= 0.6 is 12.2 Å². The second-order valence-corrected chi connectivity index (χ2v) is 6.30. The van der Waals surface area contributed by atoms with Crippen molar-refractivity contribution in [1.29, 1.82) is 0 Å². The lowest BCUT2D eigenvalue weighted by Crippen LogP contribution is -1.92. The molecule has 0 atom stereocenters. The first-order valence-corrected chi connectivity index (χ1v) is 8.38. The average Bonchev–Trinajstić information content (AvgIpc) is 3.09. The quantitative estimate of drug-likeness (QED) is 0.528. The van der Waals surface area contributed by atoms with Crippen LogP contribution in [0.15, 0.2) is 60.9 Å². The van der Waals surface area contributed by atoms with Crippen LogP contribution in [-0.2, 0) is 0 Å². The molecule has 0 bridgehead atoms. The van der Waals surface area contributed by atoms with Gasteiger partial charge in [0.25, 0.3) is 0 Å². The zero-order chi connectivity index (χ0) is 17.4. The smallest absolute Gasteiger partial charge is 0.205 e. The molecule has 2 aromatic carbocycles. The van der Waals surface area contributed by atoms with Gasteiger partial charge in [0.05, 0.1) is 12.8 Å². The Kier molecular flexibility index (Phi) is 3.86. The van der Waals surface area contributed by atoms with Gasteiger partial charge in [-0.1, -0.05) is 35.9 Å². The molecular weight excluding hydrogens is 330 g/mol. The van der Waals surface area contributed by atoms with E-state index in [9.17, 15) is 0 Å². The molecule has 0 amide bonds. The lowest BCUT2D eigenvalue weighted by Gasteiger charge is -2.05. The number of fused-ring (bicyclic) bond motifs is 1. The number of aryl methyl sites for hydroxylation is 1. The number of nitrogens with zero attached hydrogens (tertiary/aromatic N) is 2. The summed E-state index contributed by atoms with van der Waals surface area (Å²) in [5, 5.41) is 0. The predicted molar refractivity (Wildman–Crippen MR) is 103 cm³/mol. The van der Waals surface area contributed by atoms with Crippen molar-refractivity contribution in [3.8, 4) is 28.1 Å². The zero-order valence-electron chi connectivity index (χ0n) is 14.0. The van der Waals surface area contributed by atoms with Crippen molar-refractivity contribution in [2.45, 2.75) is 6.92 Å². The Balaban J connectivity index is 1.91. The molecule has 0 spiro atoms. The van der Waals surface area contributed by atoms with E-state index in [0.717, 1.165) is 33.8 Å². The van der Waals surface area contributed by atoms with E-state index in [2.05, 4.69) is 41.2 Å². The van der Waals surface area contributed by atoms with Gasteiger partial charge in [-0.3, -0.25) is 4.40 Å². The normalized spacial score (nSPS) is 11.0. The van der Waals surface area contributed by atoms with Crippen LogP contribution in [-0.4, -0.2) is 21.5 Å². The zero-order valence-corrected chi connectivity index (χ0v) is 14.8. The molecule has 2 aromatic heterocycles. The summed E-state index contributed by atoms with van der Waals surface area (Å²) in [6.07, 6.45) is 3.82. The van der Waals surface area contributed by atoms with Crippen LogP contribution < -0.4 is 4.74 Å². The minimum atomic E-state index is 0.530. The summed E-state index contributed by atoms with van der Waals surface area (Å²) >= 11 is 5.40. The molecule has 0 aliphatic carbocycles. The predicted octanol–water partition coefficient (Wildman–Crippen LogP) is 5.04. The molecule has 0 aliphatic heterocycles. The summed E-state index contributed by atoms with van der Waals surface area (Å²) in [7, 11) is 1.66. The number of H-pyrrole nitrogens is 1. The number of imidazole rings is 1. The number of methoxy groups -OCH3 is 1. The van der Waals surface area contributed by atoms with Crippen molar-refractivity contribution in [3.05, 3.63) is 71.3 Å². The van der Waals surface area contributed by atoms with Crippen LogP contribution in [0.25, 0.3) is 28.0 Å². The Morgan fingerprint density at radius 1 is 1.08 bits per heavy atom. The number of ether oxygens (including phenoxy) is 1. The third kappa shape index (κ3) is 2.83. The van der Waals surface area contributed by atoms with Crippen molar-refractivity contribution >= 4 is 17.9 Å². The van der Waals surface area contributed by atoms with Crippen molar-refractivity contribution < 1.29 is 4.74 Å². The fourth-order valence-corrected chi connectivity index (χ4v) is 3.14. The van der Waals surface area contributed by atoms with Crippen LogP contribution in [0.5, 0.6) is 5.75 Å². The lowest BCUT2D eigenvalue weighted by atomic mass is 10.1. The molecule has 124 valence electrons. The number of nitrogens with one attached hydrogen (secondary N) is 1. The highest BCUT2D eigenvalue weighted by Gasteiger charge is 2.10. The maximum Gasteiger partial charge on any atom is 0.205 e. The number of benzene rings is 2. The third-order valence-corrected chi connectivity index (χ3v) is 4.55. The minimum Gasteiger partial charge on any atom is -0.497 e. The molecular formula is C20H17N3OS. The van der Waals surface area contributed by atoms with E-state index >= 15 is 0 Å². The maximum absolute atomic E-state index is 5.40. The van der Waals surface area contributed by atoms with Gasteiger partial charge in [-0.2, -0.15) is 0 Å². The molecule has 4 nitrogen and oxygen atoms in total. The van der Waals surface area contributed by atoms with Gasteiger partial charge in [-0.25, -0.2) is 4.98 Å². The van der Waals surface area contributed by atoms with E-state index in [1.165, 1.54) is 5.56 Å². The molecule has 0 unspecified atom stereocenters. The lowest BCUT2D eigenvalue weighted by molar-refractivity contribution is 0.415. The number of rotatable bonds is 3. The molecule has 0 saturated carbocycles. The van der Waals surface area contributed by atoms with E-state index in [-0.39, 0.29) is 0 Å². The molecule has 4 rings (SSSR count). The third-order valence-electron chi connectivity index (χ3n) is 4.25.